The lowest BCUT2D eigenvalue weighted by molar-refractivity contribution is -0.338. The summed E-state index contributed by atoms with van der Waals surface area (Å²) in [4.78, 5) is 38.3. The Balaban J connectivity index is 1.66. The molecule has 2 saturated heterocycles. The van der Waals surface area contributed by atoms with E-state index in [0.717, 1.165) is 32.1 Å². The van der Waals surface area contributed by atoms with Gasteiger partial charge in [0, 0.05) is 25.9 Å². The van der Waals surface area contributed by atoms with Crippen molar-refractivity contribution in [3.8, 4) is 0 Å². The van der Waals surface area contributed by atoms with E-state index >= 15 is 0 Å². The van der Waals surface area contributed by atoms with Crippen LogP contribution in [0.5, 0.6) is 0 Å². The first kappa shape index (κ1) is 41.7. The van der Waals surface area contributed by atoms with E-state index in [1.165, 1.54) is 13.8 Å². The SMILES string of the molecule is CCC1CC(C(=O)NCCN)C[C@@H](O[C@@H]2OC(CO)[C@H](O)C(O[C@@H](CC3CCCCC3)C(=O)O)C2NC(C)=O)C1O[C@@H]1OC(C)[C@@H](O)C(O)C1O. The van der Waals surface area contributed by atoms with Gasteiger partial charge in [-0.15, -0.1) is 0 Å². The zero-order valence-electron chi connectivity index (χ0n) is 29.7. The van der Waals surface area contributed by atoms with Crippen molar-refractivity contribution in [2.45, 2.75) is 158 Å². The van der Waals surface area contributed by atoms with Gasteiger partial charge in [-0.05, 0) is 38.0 Å². The molecule has 17 nitrogen and oxygen atoms in total. The lowest BCUT2D eigenvalue weighted by atomic mass is 9.75. The molecule has 294 valence electrons. The molecule has 0 radical (unpaired) electrons. The largest absolute Gasteiger partial charge is 0.479 e. The number of rotatable bonds is 15. The first-order chi connectivity index (χ1) is 24.3. The van der Waals surface area contributed by atoms with Crippen LogP contribution in [0.1, 0.15) is 78.6 Å². The van der Waals surface area contributed by atoms with Gasteiger partial charge >= 0.3 is 5.97 Å². The summed E-state index contributed by atoms with van der Waals surface area (Å²) < 4.78 is 30.8. The molecule has 9 unspecified atom stereocenters. The third-order valence-corrected chi connectivity index (χ3v) is 10.8. The van der Waals surface area contributed by atoms with Crippen LogP contribution in [0.3, 0.4) is 0 Å². The van der Waals surface area contributed by atoms with Gasteiger partial charge < -0.3 is 70.7 Å². The number of carboxylic acid groups (broad SMARTS) is 1. The van der Waals surface area contributed by atoms with Gasteiger partial charge in [0.2, 0.25) is 11.8 Å². The fourth-order valence-electron chi connectivity index (χ4n) is 7.92. The van der Waals surface area contributed by atoms with Gasteiger partial charge in [-0.2, -0.15) is 0 Å². The van der Waals surface area contributed by atoms with Crippen molar-refractivity contribution in [3.63, 3.8) is 0 Å². The molecule has 2 aliphatic carbocycles. The highest BCUT2D eigenvalue weighted by molar-refractivity contribution is 5.78. The van der Waals surface area contributed by atoms with Crippen molar-refractivity contribution in [2.24, 2.45) is 23.5 Å². The second-order valence-electron chi connectivity index (χ2n) is 14.5. The van der Waals surface area contributed by atoms with E-state index in [0.29, 0.717) is 12.8 Å². The van der Waals surface area contributed by atoms with Gasteiger partial charge in [0.05, 0.1) is 24.9 Å². The van der Waals surface area contributed by atoms with Gasteiger partial charge in [0.15, 0.2) is 18.7 Å². The Morgan fingerprint density at radius 2 is 1.63 bits per heavy atom. The van der Waals surface area contributed by atoms with Gasteiger partial charge in [-0.1, -0.05) is 45.4 Å². The molecule has 4 rings (SSSR count). The number of carbonyl (C=O) groups excluding carboxylic acids is 2. The maximum Gasteiger partial charge on any atom is 0.332 e. The number of ether oxygens (including phenoxy) is 5. The standard InChI is InChI=1S/C34H59N3O14/c1-4-19-13-20(31(44)36-11-10-35)14-21(29(19)51-34-28(43)27(42)25(40)16(2)47-34)49-33-24(37-17(3)39)30(26(41)23(15-38)50-33)48-22(32(45)46)12-18-8-6-5-7-9-18/h16,18-30,33-34,38,40-43H,4-15,35H2,1-3H3,(H,36,44)(H,37,39)(H,45,46)/t16?,19?,20?,21-,22+,23?,24?,25-,26+,27?,28?,29?,30?,33-,34+/m1/s1. The summed E-state index contributed by atoms with van der Waals surface area (Å²) in [5, 5.41) is 68.8. The molecule has 0 aromatic carbocycles. The van der Waals surface area contributed by atoms with Gasteiger partial charge in [0.25, 0.3) is 0 Å². The molecule has 2 aliphatic heterocycles. The Hall–Kier alpha value is -2.03. The molecule has 51 heavy (non-hydrogen) atoms. The molecule has 0 bridgehead atoms. The van der Waals surface area contributed by atoms with E-state index in [2.05, 4.69) is 10.6 Å². The maximum absolute atomic E-state index is 13.3. The molecule has 0 spiro atoms. The zero-order valence-corrected chi connectivity index (χ0v) is 29.7. The maximum atomic E-state index is 13.3. The number of aliphatic hydroxyl groups is 5. The number of nitrogens with two attached hydrogens (primary N) is 1. The molecule has 2 amide bonds. The second kappa shape index (κ2) is 19.3. The summed E-state index contributed by atoms with van der Waals surface area (Å²) in [6.45, 7) is 4.41. The Bertz CT molecular complexity index is 1130. The number of carbonyl (C=O) groups is 3. The molecule has 17 heteroatoms. The van der Waals surface area contributed by atoms with Crippen LogP contribution in [0.2, 0.25) is 0 Å². The molecule has 0 aromatic rings. The van der Waals surface area contributed by atoms with Crippen molar-refractivity contribution < 1.29 is 68.7 Å². The highest BCUT2D eigenvalue weighted by Crippen LogP contribution is 2.40. The Morgan fingerprint density at radius 3 is 2.24 bits per heavy atom. The van der Waals surface area contributed by atoms with Gasteiger partial charge in [-0.25, -0.2) is 4.79 Å². The fraction of sp³-hybridized carbons (Fsp3) is 0.912. The molecular formula is C34H59N3O14. The summed E-state index contributed by atoms with van der Waals surface area (Å²) in [5.74, 6) is -2.91. The predicted molar refractivity (Wildman–Crippen MR) is 178 cm³/mol. The highest BCUT2D eigenvalue weighted by atomic mass is 16.7. The molecule has 0 aromatic heterocycles. The minimum atomic E-state index is -1.62. The Kier molecular flexibility index (Phi) is 15.8. The Morgan fingerprint density at radius 1 is 0.922 bits per heavy atom. The molecule has 2 saturated carbocycles. The average Bonchev–Trinajstić information content (AvgIpc) is 3.11. The number of hydrogen-bond donors (Lipinski definition) is 9. The van der Waals surface area contributed by atoms with E-state index in [9.17, 15) is 45.0 Å². The topological polar surface area (TPSA) is 269 Å². The first-order valence-electron chi connectivity index (χ1n) is 18.4. The van der Waals surface area contributed by atoms with Crippen LogP contribution in [0.4, 0.5) is 0 Å². The minimum Gasteiger partial charge on any atom is -0.479 e. The van der Waals surface area contributed by atoms with Crippen molar-refractivity contribution in [1.29, 1.82) is 0 Å². The van der Waals surface area contributed by atoms with Crippen LogP contribution in [-0.2, 0) is 38.1 Å². The lowest BCUT2D eigenvalue weighted by Crippen LogP contribution is -2.67. The quantitative estimate of drug-likeness (QED) is 0.0926. The summed E-state index contributed by atoms with van der Waals surface area (Å²) in [7, 11) is 0. The molecular weight excluding hydrogens is 674 g/mol. The molecule has 2 heterocycles. The van der Waals surface area contributed by atoms with E-state index in [4.69, 9.17) is 29.4 Å². The van der Waals surface area contributed by atoms with Gasteiger partial charge in [-0.3, -0.25) is 9.59 Å². The van der Waals surface area contributed by atoms with Crippen LogP contribution in [0, 0.1) is 17.8 Å². The van der Waals surface area contributed by atoms with Crippen LogP contribution >= 0.6 is 0 Å². The van der Waals surface area contributed by atoms with E-state index < -0.39 is 104 Å². The van der Waals surface area contributed by atoms with E-state index in [1.54, 1.807) is 0 Å². The fourth-order valence-corrected chi connectivity index (χ4v) is 7.92. The molecule has 4 aliphatic rings. The number of hydrogen-bond acceptors (Lipinski definition) is 14. The Labute approximate surface area is 298 Å². The number of aliphatic hydroxyl groups excluding tert-OH is 5. The summed E-state index contributed by atoms with van der Waals surface area (Å²) in [6.07, 6.45) is -9.92. The molecule has 15 atom stereocenters. The van der Waals surface area contributed by atoms with Crippen LogP contribution in [-0.4, -0.2) is 148 Å². The minimum absolute atomic E-state index is 0.0606. The third-order valence-electron chi connectivity index (χ3n) is 10.8. The summed E-state index contributed by atoms with van der Waals surface area (Å²) in [6, 6.07) is -1.27. The lowest BCUT2D eigenvalue weighted by Gasteiger charge is -2.49. The highest BCUT2D eigenvalue weighted by Gasteiger charge is 2.52. The average molecular weight is 734 g/mol. The number of aliphatic carboxylic acids is 1. The number of amides is 2. The van der Waals surface area contributed by atoms with Crippen LogP contribution in [0.15, 0.2) is 0 Å². The van der Waals surface area contributed by atoms with E-state index in [-0.39, 0.29) is 43.7 Å². The number of carboxylic acids is 1. The molecule has 4 fully saturated rings. The zero-order chi connectivity index (χ0) is 37.4. The monoisotopic (exact) mass is 733 g/mol. The van der Waals surface area contributed by atoms with Crippen LogP contribution in [0.25, 0.3) is 0 Å². The normalized spacial score (nSPS) is 39.9. The van der Waals surface area contributed by atoms with Gasteiger partial charge in [0.1, 0.15) is 42.7 Å². The van der Waals surface area contributed by atoms with Crippen molar-refractivity contribution in [3.05, 3.63) is 0 Å². The molecule has 10 N–H and O–H groups in total. The summed E-state index contributed by atoms with van der Waals surface area (Å²) >= 11 is 0. The second-order valence-corrected chi connectivity index (χ2v) is 14.5. The smallest absolute Gasteiger partial charge is 0.332 e. The number of nitrogens with one attached hydrogen (secondary N) is 2. The predicted octanol–water partition coefficient (Wildman–Crippen LogP) is -1.51. The van der Waals surface area contributed by atoms with Crippen molar-refractivity contribution in [1.82, 2.24) is 10.6 Å². The van der Waals surface area contributed by atoms with Crippen LogP contribution < -0.4 is 16.4 Å². The summed E-state index contributed by atoms with van der Waals surface area (Å²) in [5.41, 5.74) is 5.62. The van der Waals surface area contributed by atoms with Crippen molar-refractivity contribution in [2.75, 3.05) is 19.7 Å². The third kappa shape index (κ3) is 10.6. The van der Waals surface area contributed by atoms with E-state index in [1.807, 2.05) is 6.92 Å². The first-order valence-corrected chi connectivity index (χ1v) is 18.4. The van der Waals surface area contributed by atoms with Crippen molar-refractivity contribution >= 4 is 17.8 Å².